The number of non-ortho nitro benzene ring substituents is 1. The number of nitrogens with zero attached hydrogens (tertiary/aromatic N) is 3. The molecule has 1 fully saturated rings. The van der Waals surface area contributed by atoms with Gasteiger partial charge < -0.3 is 10.2 Å². The second-order valence-corrected chi connectivity index (χ2v) is 5.98. The minimum Gasteiger partial charge on any atom is -0.379 e. The first-order valence-electron chi connectivity index (χ1n) is 8.03. The third kappa shape index (κ3) is 3.69. The number of nitriles is 1. The number of nitrogens with one attached hydrogen (secondary N) is 1. The lowest BCUT2D eigenvalue weighted by Crippen LogP contribution is -2.42. The molecule has 1 heterocycles. The van der Waals surface area contributed by atoms with Crippen molar-refractivity contribution in [2.24, 2.45) is 0 Å². The Balaban J connectivity index is 1.76. The molecule has 0 bridgehead atoms. The predicted octanol–water partition coefficient (Wildman–Crippen LogP) is 3.69. The lowest BCUT2D eigenvalue weighted by Gasteiger charge is -2.35. The highest BCUT2D eigenvalue weighted by molar-refractivity contribution is 5.62. The van der Waals surface area contributed by atoms with Crippen LogP contribution in [0.5, 0.6) is 0 Å². The van der Waals surface area contributed by atoms with Crippen LogP contribution in [0.25, 0.3) is 0 Å². The number of benzene rings is 2. The van der Waals surface area contributed by atoms with E-state index in [0.29, 0.717) is 17.9 Å². The monoisotopic (exact) mass is 340 g/mol. The third-order valence-electron chi connectivity index (χ3n) is 4.31. The number of nitro benzene ring substituents is 1. The molecule has 3 rings (SSSR count). The molecule has 0 aromatic heterocycles. The molecule has 1 atom stereocenters. The quantitative estimate of drug-likeness (QED) is 0.678. The Bertz CT molecular complexity index is 834. The Morgan fingerprint density at radius 2 is 2.12 bits per heavy atom. The van der Waals surface area contributed by atoms with Gasteiger partial charge in [0.15, 0.2) is 0 Å². The number of piperidine rings is 1. The van der Waals surface area contributed by atoms with E-state index in [-0.39, 0.29) is 23.1 Å². The van der Waals surface area contributed by atoms with Gasteiger partial charge in [-0.05, 0) is 31.0 Å². The molecule has 6 nitrogen and oxygen atoms in total. The van der Waals surface area contributed by atoms with Crippen LogP contribution in [-0.2, 0) is 0 Å². The summed E-state index contributed by atoms with van der Waals surface area (Å²) in [5.74, 6) is -0.254. The largest absolute Gasteiger partial charge is 0.379 e. The van der Waals surface area contributed by atoms with Crippen LogP contribution in [0.3, 0.4) is 0 Å². The highest BCUT2D eigenvalue weighted by Gasteiger charge is 2.23. The van der Waals surface area contributed by atoms with E-state index in [1.807, 2.05) is 11.0 Å². The van der Waals surface area contributed by atoms with E-state index in [1.54, 1.807) is 24.3 Å². The maximum atomic E-state index is 14.0. The van der Waals surface area contributed by atoms with E-state index in [2.05, 4.69) is 5.32 Å². The van der Waals surface area contributed by atoms with Crippen LogP contribution in [0.4, 0.5) is 21.5 Å². The van der Waals surface area contributed by atoms with Crippen LogP contribution in [0.2, 0.25) is 0 Å². The average Bonchev–Trinajstić information content (AvgIpc) is 2.62. The molecule has 1 saturated heterocycles. The zero-order valence-electron chi connectivity index (χ0n) is 13.5. The number of para-hydroxylation sites is 1. The van der Waals surface area contributed by atoms with Gasteiger partial charge in [0.05, 0.1) is 21.9 Å². The summed E-state index contributed by atoms with van der Waals surface area (Å²) >= 11 is 0. The van der Waals surface area contributed by atoms with Crippen molar-refractivity contribution in [1.29, 1.82) is 5.26 Å². The summed E-state index contributed by atoms with van der Waals surface area (Å²) in [5.41, 5.74) is 1.25. The number of hydrogen-bond donors (Lipinski definition) is 1. The molecule has 128 valence electrons. The first kappa shape index (κ1) is 16.7. The number of rotatable bonds is 4. The SMILES string of the molecule is N#Cc1cc([N+](=O)[O-])ccc1NC1CCCN(c2ccccc2F)C1. The van der Waals surface area contributed by atoms with E-state index in [1.165, 1.54) is 18.2 Å². The van der Waals surface area contributed by atoms with Crippen molar-refractivity contribution in [3.63, 3.8) is 0 Å². The first-order chi connectivity index (χ1) is 12.1. The van der Waals surface area contributed by atoms with E-state index in [9.17, 15) is 19.8 Å². The van der Waals surface area contributed by atoms with E-state index < -0.39 is 4.92 Å². The van der Waals surface area contributed by atoms with Gasteiger partial charge in [0.1, 0.15) is 11.9 Å². The Labute approximate surface area is 144 Å². The molecule has 2 aromatic rings. The molecule has 0 aliphatic carbocycles. The molecule has 0 amide bonds. The van der Waals surface area contributed by atoms with Crippen LogP contribution in [0.15, 0.2) is 42.5 Å². The highest BCUT2D eigenvalue weighted by atomic mass is 19.1. The van der Waals surface area contributed by atoms with Gasteiger partial charge in [0.25, 0.3) is 5.69 Å². The molecule has 0 spiro atoms. The van der Waals surface area contributed by atoms with Gasteiger partial charge in [0, 0.05) is 31.3 Å². The number of halogens is 1. The predicted molar refractivity (Wildman–Crippen MR) is 93.1 cm³/mol. The molecule has 25 heavy (non-hydrogen) atoms. The topological polar surface area (TPSA) is 82.2 Å². The van der Waals surface area contributed by atoms with E-state index in [4.69, 9.17) is 0 Å². The van der Waals surface area contributed by atoms with Crippen molar-refractivity contribution in [2.45, 2.75) is 18.9 Å². The fraction of sp³-hybridized carbons (Fsp3) is 0.278. The van der Waals surface area contributed by atoms with Crippen molar-refractivity contribution in [3.8, 4) is 6.07 Å². The first-order valence-corrected chi connectivity index (χ1v) is 8.03. The average molecular weight is 340 g/mol. The standard InChI is InChI=1S/C18H17FN4O2/c19-16-5-1-2-6-18(16)22-9-3-4-14(12-22)21-17-8-7-15(23(24)25)10-13(17)11-20/h1-2,5-8,10,14,21H,3-4,9,12H2. The van der Waals surface area contributed by atoms with Crippen molar-refractivity contribution < 1.29 is 9.31 Å². The maximum Gasteiger partial charge on any atom is 0.270 e. The second-order valence-electron chi connectivity index (χ2n) is 5.98. The normalized spacial score (nSPS) is 17.0. The molecule has 2 aromatic carbocycles. The summed E-state index contributed by atoms with van der Waals surface area (Å²) in [4.78, 5) is 12.3. The summed E-state index contributed by atoms with van der Waals surface area (Å²) in [7, 11) is 0. The summed E-state index contributed by atoms with van der Waals surface area (Å²) < 4.78 is 14.0. The number of hydrogen-bond acceptors (Lipinski definition) is 5. The zero-order chi connectivity index (χ0) is 17.8. The fourth-order valence-electron chi connectivity index (χ4n) is 3.11. The summed E-state index contributed by atoms with van der Waals surface area (Å²) in [6, 6.07) is 12.9. The van der Waals surface area contributed by atoms with Gasteiger partial charge >= 0.3 is 0 Å². The lowest BCUT2D eigenvalue weighted by molar-refractivity contribution is -0.384. The molecule has 1 aliphatic heterocycles. The molecule has 0 radical (unpaired) electrons. The Kier molecular flexibility index (Phi) is 4.80. The minimum atomic E-state index is -0.523. The third-order valence-corrected chi connectivity index (χ3v) is 4.31. The number of anilines is 2. The summed E-state index contributed by atoms with van der Waals surface area (Å²) in [6.45, 7) is 1.37. The molecule has 0 saturated carbocycles. The summed E-state index contributed by atoms with van der Waals surface area (Å²) in [5, 5.41) is 23.4. The van der Waals surface area contributed by atoms with Crippen molar-refractivity contribution in [2.75, 3.05) is 23.3 Å². The van der Waals surface area contributed by atoms with Crippen LogP contribution >= 0.6 is 0 Å². The van der Waals surface area contributed by atoms with Crippen molar-refractivity contribution in [1.82, 2.24) is 0 Å². The minimum absolute atomic E-state index is 0.0295. The number of nitro groups is 1. The molecule has 1 unspecified atom stereocenters. The van der Waals surface area contributed by atoms with Gasteiger partial charge in [0.2, 0.25) is 0 Å². The Hall–Kier alpha value is -3.14. The van der Waals surface area contributed by atoms with Gasteiger partial charge in [-0.3, -0.25) is 10.1 Å². The van der Waals surface area contributed by atoms with Crippen LogP contribution in [-0.4, -0.2) is 24.1 Å². The zero-order valence-corrected chi connectivity index (χ0v) is 13.5. The maximum absolute atomic E-state index is 14.0. The lowest BCUT2D eigenvalue weighted by atomic mass is 10.0. The Morgan fingerprint density at radius 3 is 2.84 bits per heavy atom. The van der Waals surface area contributed by atoms with Crippen molar-refractivity contribution >= 4 is 17.1 Å². The molecular weight excluding hydrogens is 323 g/mol. The van der Waals surface area contributed by atoms with Gasteiger partial charge in [-0.1, -0.05) is 12.1 Å². The molecule has 1 N–H and O–H groups in total. The van der Waals surface area contributed by atoms with E-state index >= 15 is 0 Å². The molecular formula is C18H17FN4O2. The molecule has 7 heteroatoms. The second kappa shape index (κ2) is 7.18. The smallest absolute Gasteiger partial charge is 0.270 e. The van der Waals surface area contributed by atoms with Gasteiger partial charge in [-0.25, -0.2) is 4.39 Å². The highest BCUT2D eigenvalue weighted by Crippen LogP contribution is 2.26. The van der Waals surface area contributed by atoms with Crippen molar-refractivity contribution in [3.05, 3.63) is 64.0 Å². The van der Waals surface area contributed by atoms with E-state index in [0.717, 1.165) is 19.4 Å². The van der Waals surface area contributed by atoms with Crippen LogP contribution < -0.4 is 10.2 Å². The van der Waals surface area contributed by atoms with Crippen LogP contribution in [0.1, 0.15) is 18.4 Å². The van der Waals surface area contributed by atoms with Gasteiger partial charge in [-0.15, -0.1) is 0 Å². The molecule has 1 aliphatic rings. The fourth-order valence-corrected chi connectivity index (χ4v) is 3.11. The summed E-state index contributed by atoms with van der Waals surface area (Å²) in [6.07, 6.45) is 1.77. The Morgan fingerprint density at radius 1 is 1.32 bits per heavy atom. The van der Waals surface area contributed by atoms with Crippen LogP contribution in [0, 0.1) is 27.3 Å². The van der Waals surface area contributed by atoms with Gasteiger partial charge in [-0.2, -0.15) is 5.26 Å².